The Hall–Kier alpha value is -2.05. The summed E-state index contributed by atoms with van der Waals surface area (Å²) in [5.74, 6) is -3.90. The smallest absolute Gasteiger partial charge is 0.307 e. The largest absolute Gasteiger partial charge is 0.481 e. The molecule has 2 N–H and O–H groups in total. The minimum Gasteiger partial charge on any atom is -0.481 e. The number of nitrogens with zero attached hydrogens (tertiary/aromatic N) is 2. The van der Waals surface area contributed by atoms with Crippen LogP contribution < -0.4 is 0 Å². The van der Waals surface area contributed by atoms with E-state index in [2.05, 4.69) is 4.98 Å². The number of benzene rings is 1. The van der Waals surface area contributed by atoms with Gasteiger partial charge in [0.05, 0.1) is 18.2 Å². The molecule has 0 amide bonds. The standard InChI is InChI=1S/C21H26Cl2N2O4/c1-12(2)4-18(20(26)27)13(3)19(21(28)29)8-17-9-24-11-25(17)10-14-5-15(22)7-16(23)6-14/h5-7,9,11-13,18-19H,4,8,10H2,1-3H3,(H,26,27)(H,28,29). The van der Waals surface area contributed by atoms with Crippen LogP contribution in [0.4, 0.5) is 0 Å². The molecular weight excluding hydrogens is 415 g/mol. The molecule has 3 atom stereocenters. The predicted molar refractivity (Wildman–Crippen MR) is 112 cm³/mol. The fourth-order valence-corrected chi connectivity index (χ4v) is 4.18. The van der Waals surface area contributed by atoms with Crippen LogP contribution in [0.5, 0.6) is 0 Å². The Morgan fingerprint density at radius 2 is 1.62 bits per heavy atom. The van der Waals surface area contributed by atoms with Gasteiger partial charge in [-0.2, -0.15) is 0 Å². The van der Waals surface area contributed by atoms with Crippen molar-refractivity contribution in [1.82, 2.24) is 9.55 Å². The van der Waals surface area contributed by atoms with E-state index >= 15 is 0 Å². The van der Waals surface area contributed by atoms with E-state index in [1.807, 2.05) is 18.4 Å². The summed E-state index contributed by atoms with van der Waals surface area (Å²) >= 11 is 12.1. The monoisotopic (exact) mass is 440 g/mol. The van der Waals surface area contributed by atoms with E-state index in [9.17, 15) is 19.8 Å². The van der Waals surface area contributed by atoms with Gasteiger partial charge in [-0.3, -0.25) is 9.59 Å². The summed E-state index contributed by atoms with van der Waals surface area (Å²) < 4.78 is 1.84. The van der Waals surface area contributed by atoms with Crippen molar-refractivity contribution in [3.05, 3.63) is 52.0 Å². The van der Waals surface area contributed by atoms with Crippen molar-refractivity contribution >= 4 is 35.1 Å². The van der Waals surface area contributed by atoms with Gasteiger partial charge in [0, 0.05) is 34.9 Å². The summed E-state index contributed by atoms with van der Waals surface area (Å²) in [5.41, 5.74) is 1.58. The Morgan fingerprint density at radius 3 is 2.14 bits per heavy atom. The van der Waals surface area contributed by atoms with E-state index in [1.165, 1.54) is 0 Å². The summed E-state index contributed by atoms with van der Waals surface area (Å²) in [5, 5.41) is 20.5. The summed E-state index contributed by atoms with van der Waals surface area (Å²) in [6, 6.07) is 5.22. The molecule has 2 aromatic rings. The fourth-order valence-electron chi connectivity index (χ4n) is 3.61. The Bertz CT molecular complexity index is 846. The van der Waals surface area contributed by atoms with Gasteiger partial charge in [-0.15, -0.1) is 0 Å². The summed E-state index contributed by atoms with van der Waals surface area (Å²) in [4.78, 5) is 27.9. The number of halogens is 2. The van der Waals surface area contributed by atoms with E-state index in [-0.39, 0.29) is 12.3 Å². The first-order chi connectivity index (χ1) is 13.6. The Kier molecular flexibility index (Phi) is 8.11. The average molecular weight is 441 g/mol. The van der Waals surface area contributed by atoms with Crippen molar-refractivity contribution in [2.75, 3.05) is 0 Å². The minimum atomic E-state index is -1.01. The SMILES string of the molecule is CC(C)CC(C(=O)O)C(C)C(Cc1cncn1Cc1cc(Cl)cc(Cl)c1)C(=O)O. The number of carbonyl (C=O) groups is 2. The summed E-state index contributed by atoms with van der Waals surface area (Å²) in [6.45, 7) is 6.01. The number of hydrogen-bond donors (Lipinski definition) is 2. The number of imidazole rings is 1. The van der Waals surface area contributed by atoms with Gasteiger partial charge in [0.25, 0.3) is 0 Å². The Labute approximate surface area is 180 Å². The maximum absolute atomic E-state index is 12.0. The molecule has 1 aromatic carbocycles. The molecule has 0 saturated heterocycles. The first-order valence-electron chi connectivity index (χ1n) is 9.48. The van der Waals surface area contributed by atoms with Crippen LogP contribution in [0.2, 0.25) is 10.0 Å². The van der Waals surface area contributed by atoms with E-state index in [0.29, 0.717) is 28.7 Å². The molecule has 0 fully saturated rings. The molecule has 1 aromatic heterocycles. The highest BCUT2D eigenvalue weighted by Crippen LogP contribution is 2.30. The van der Waals surface area contributed by atoms with Gasteiger partial charge < -0.3 is 14.8 Å². The van der Waals surface area contributed by atoms with Crippen LogP contribution in [0.15, 0.2) is 30.7 Å². The number of hydrogen-bond acceptors (Lipinski definition) is 3. The van der Waals surface area contributed by atoms with Crippen LogP contribution in [-0.2, 0) is 22.6 Å². The van der Waals surface area contributed by atoms with Crippen LogP contribution in [-0.4, -0.2) is 31.7 Å². The zero-order valence-electron chi connectivity index (χ0n) is 16.7. The highest BCUT2D eigenvalue weighted by molar-refractivity contribution is 6.34. The van der Waals surface area contributed by atoms with Gasteiger partial charge in [-0.1, -0.05) is 44.0 Å². The molecule has 158 valence electrons. The maximum atomic E-state index is 12.0. The predicted octanol–water partition coefficient (Wildman–Crippen LogP) is 4.86. The van der Waals surface area contributed by atoms with Crippen molar-refractivity contribution < 1.29 is 19.8 Å². The molecule has 6 nitrogen and oxygen atoms in total. The van der Waals surface area contributed by atoms with Crippen molar-refractivity contribution in [2.24, 2.45) is 23.7 Å². The number of carboxylic acids is 2. The van der Waals surface area contributed by atoms with Gasteiger partial charge in [-0.25, -0.2) is 4.98 Å². The van der Waals surface area contributed by atoms with Crippen LogP contribution in [0.1, 0.15) is 38.4 Å². The lowest BCUT2D eigenvalue weighted by Crippen LogP contribution is -2.34. The Morgan fingerprint density at radius 1 is 1.03 bits per heavy atom. The number of rotatable bonds is 10. The molecule has 0 aliphatic carbocycles. The van der Waals surface area contributed by atoms with Gasteiger partial charge in [0.1, 0.15) is 0 Å². The highest BCUT2D eigenvalue weighted by atomic mass is 35.5. The third-order valence-electron chi connectivity index (χ3n) is 5.13. The summed E-state index contributed by atoms with van der Waals surface area (Å²) in [7, 11) is 0. The lowest BCUT2D eigenvalue weighted by Gasteiger charge is -2.27. The van der Waals surface area contributed by atoms with Crippen LogP contribution >= 0.6 is 23.2 Å². The second-order valence-electron chi connectivity index (χ2n) is 7.87. The second-order valence-corrected chi connectivity index (χ2v) is 8.75. The molecule has 0 aliphatic heterocycles. The lowest BCUT2D eigenvalue weighted by atomic mass is 9.77. The highest BCUT2D eigenvalue weighted by Gasteiger charge is 2.36. The zero-order valence-corrected chi connectivity index (χ0v) is 18.2. The van der Waals surface area contributed by atoms with E-state index in [0.717, 1.165) is 5.56 Å². The molecular formula is C21H26Cl2N2O4. The summed E-state index contributed by atoms with van der Waals surface area (Å²) in [6.07, 6.45) is 3.86. The number of aromatic nitrogens is 2. The molecule has 29 heavy (non-hydrogen) atoms. The van der Waals surface area contributed by atoms with Crippen molar-refractivity contribution in [1.29, 1.82) is 0 Å². The van der Waals surface area contributed by atoms with Gasteiger partial charge in [-0.05, 0) is 42.0 Å². The third-order valence-corrected chi connectivity index (χ3v) is 5.57. The molecule has 0 aliphatic rings. The van der Waals surface area contributed by atoms with Crippen molar-refractivity contribution in [2.45, 2.75) is 40.2 Å². The number of aliphatic carboxylic acids is 2. The van der Waals surface area contributed by atoms with Crippen molar-refractivity contribution in [3.8, 4) is 0 Å². The van der Waals surface area contributed by atoms with E-state index in [4.69, 9.17) is 23.2 Å². The van der Waals surface area contributed by atoms with E-state index < -0.39 is 29.7 Å². The first kappa shape index (κ1) is 23.2. The molecule has 2 rings (SSSR count). The fraction of sp³-hybridized carbons (Fsp3) is 0.476. The molecule has 8 heteroatoms. The van der Waals surface area contributed by atoms with Gasteiger partial charge >= 0.3 is 11.9 Å². The molecule has 3 unspecified atom stereocenters. The van der Waals surface area contributed by atoms with Gasteiger partial charge in [0.15, 0.2) is 0 Å². The van der Waals surface area contributed by atoms with Gasteiger partial charge in [0.2, 0.25) is 0 Å². The molecule has 0 radical (unpaired) electrons. The number of carboxylic acid groups (broad SMARTS) is 2. The molecule has 0 saturated carbocycles. The first-order valence-corrected chi connectivity index (χ1v) is 10.2. The molecule has 1 heterocycles. The van der Waals surface area contributed by atoms with Crippen LogP contribution in [0, 0.1) is 23.7 Å². The minimum absolute atomic E-state index is 0.158. The maximum Gasteiger partial charge on any atom is 0.307 e. The lowest BCUT2D eigenvalue weighted by molar-refractivity contribution is -0.149. The zero-order chi connectivity index (χ0) is 21.7. The van der Waals surface area contributed by atoms with Crippen LogP contribution in [0.3, 0.4) is 0 Å². The molecule has 0 spiro atoms. The third kappa shape index (κ3) is 6.47. The van der Waals surface area contributed by atoms with Crippen molar-refractivity contribution in [3.63, 3.8) is 0 Å². The normalized spacial score (nSPS) is 14.6. The average Bonchev–Trinajstić information content (AvgIpc) is 3.02. The molecule has 0 bridgehead atoms. The second kappa shape index (κ2) is 10.1. The van der Waals surface area contributed by atoms with E-state index in [1.54, 1.807) is 37.6 Å². The Balaban J connectivity index is 2.24. The topological polar surface area (TPSA) is 92.4 Å². The quantitative estimate of drug-likeness (QED) is 0.549. The van der Waals surface area contributed by atoms with Crippen LogP contribution in [0.25, 0.3) is 0 Å².